The predicted octanol–water partition coefficient (Wildman–Crippen LogP) is 3.01. The molecule has 120 valence electrons. The van der Waals surface area contributed by atoms with Crippen molar-refractivity contribution >= 4 is 17.4 Å². The molecular weight excluding hydrogens is 315 g/mol. The molecule has 1 N–H and O–H groups in total. The van der Waals surface area contributed by atoms with Gasteiger partial charge < -0.3 is 14.2 Å². The van der Waals surface area contributed by atoms with Gasteiger partial charge >= 0.3 is 7.60 Å². The van der Waals surface area contributed by atoms with Gasteiger partial charge in [-0.05, 0) is 51.0 Å². The predicted molar refractivity (Wildman–Crippen MR) is 80.5 cm³/mol. The molecule has 6 nitrogen and oxygen atoms in total. The highest BCUT2D eigenvalue weighted by atomic mass is 32.2. The lowest BCUT2D eigenvalue weighted by Gasteiger charge is -2.17. The number of rotatable bonds is 7. The number of hydrogen-bond acceptors (Lipinski definition) is 6. The Morgan fingerprint density at radius 3 is 1.90 bits per heavy atom. The summed E-state index contributed by atoms with van der Waals surface area (Å²) in [7, 11) is -7.55. The van der Waals surface area contributed by atoms with E-state index < -0.39 is 22.9 Å². The van der Waals surface area contributed by atoms with Crippen LogP contribution in [0.25, 0.3) is 0 Å². The first-order valence-corrected chi connectivity index (χ1v) is 9.94. The second-order valence-electron chi connectivity index (χ2n) is 4.60. The van der Waals surface area contributed by atoms with Crippen molar-refractivity contribution in [2.75, 3.05) is 18.7 Å². The van der Waals surface area contributed by atoms with Gasteiger partial charge in [-0.1, -0.05) is 0 Å². The third-order valence-electron chi connectivity index (χ3n) is 2.80. The first kappa shape index (κ1) is 18.2. The van der Waals surface area contributed by atoms with Crippen molar-refractivity contribution in [1.29, 1.82) is 0 Å². The minimum atomic E-state index is -3.85. The molecule has 0 fully saturated rings. The Morgan fingerprint density at radius 2 is 1.52 bits per heavy atom. The number of sulfone groups is 1. The molecule has 0 aromatic heterocycles. The molecule has 0 saturated heterocycles. The van der Waals surface area contributed by atoms with Crippen LogP contribution in [0.2, 0.25) is 0 Å². The monoisotopic (exact) mass is 336 g/mol. The molecule has 0 bridgehead atoms. The lowest BCUT2D eigenvalue weighted by Crippen LogP contribution is -2.11. The van der Waals surface area contributed by atoms with E-state index in [2.05, 4.69) is 0 Å². The molecule has 0 unspecified atom stereocenters. The van der Waals surface area contributed by atoms with Crippen molar-refractivity contribution in [1.82, 2.24) is 0 Å². The highest BCUT2D eigenvalue weighted by Gasteiger charge is 2.33. The van der Waals surface area contributed by atoms with Gasteiger partial charge in [0, 0.05) is 0 Å². The third-order valence-corrected chi connectivity index (χ3v) is 7.69. The summed E-state index contributed by atoms with van der Waals surface area (Å²) >= 11 is 0. The van der Waals surface area contributed by atoms with Crippen LogP contribution < -0.4 is 0 Å². The Kier molecular flexibility index (Phi) is 5.99. The maximum Gasteiger partial charge on any atom is 0.346 e. The largest absolute Gasteiger partial charge is 0.507 e. The zero-order valence-electron chi connectivity index (χ0n) is 12.6. The van der Waals surface area contributed by atoms with Crippen LogP contribution in [0.1, 0.15) is 25.0 Å². The fourth-order valence-corrected chi connectivity index (χ4v) is 6.32. The Balaban J connectivity index is 3.19. The molecule has 8 heteroatoms. The lowest BCUT2D eigenvalue weighted by molar-refractivity contribution is 0.224. The topological polar surface area (TPSA) is 89.9 Å². The zero-order chi connectivity index (χ0) is 16.3. The Hall–Kier alpha value is -0.880. The van der Waals surface area contributed by atoms with Gasteiger partial charge in [0.05, 0.1) is 18.1 Å². The molecular formula is C13H21O6PS. The Labute approximate surface area is 125 Å². The summed E-state index contributed by atoms with van der Waals surface area (Å²) in [5.41, 5.74) is 0.165. The van der Waals surface area contributed by atoms with Crippen LogP contribution in [0, 0.1) is 13.8 Å². The van der Waals surface area contributed by atoms with E-state index in [1.165, 1.54) is 12.1 Å². The molecule has 0 aliphatic rings. The second kappa shape index (κ2) is 6.92. The molecule has 1 rings (SSSR count). The molecule has 0 aliphatic carbocycles. The number of hydrogen-bond donors (Lipinski definition) is 1. The van der Waals surface area contributed by atoms with Gasteiger partial charge in [-0.2, -0.15) is 0 Å². The molecule has 0 atom stereocenters. The van der Waals surface area contributed by atoms with Crippen molar-refractivity contribution in [3.63, 3.8) is 0 Å². The number of benzene rings is 1. The summed E-state index contributed by atoms with van der Waals surface area (Å²) in [5, 5.41) is 9.70. The minimum absolute atomic E-state index is 0.00469. The standard InChI is InChI=1S/C13H21O6PS/c1-5-18-20(15,19-6-2)9-21(16,17)12-7-10(3)13(14)11(4)8-12/h7-8,14H,5-6,9H2,1-4H3. The molecule has 0 saturated carbocycles. The lowest BCUT2D eigenvalue weighted by atomic mass is 10.1. The number of phenols is 1. The molecule has 1 aromatic rings. The van der Waals surface area contributed by atoms with Crippen LogP contribution in [0.5, 0.6) is 5.75 Å². The van der Waals surface area contributed by atoms with Crippen LogP contribution in [-0.2, 0) is 23.4 Å². The number of aromatic hydroxyl groups is 1. The summed E-state index contributed by atoms with van der Waals surface area (Å²) in [4.78, 5) is -0.00469. The molecule has 0 aliphatic heterocycles. The van der Waals surface area contributed by atoms with E-state index in [4.69, 9.17) is 9.05 Å². The number of aryl methyl sites for hydroxylation is 2. The van der Waals surface area contributed by atoms with Gasteiger partial charge in [0.1, 0.15) is 5.75 Å². The highest BCUT2D eigenvalue weighted by Crippen LogP contribution is 2.50. The summed E-state index contributed by atoms with van der Waals surface area (Å²) in [6.45, 7) is 6.64. The van der Waals surface area contributed by atoms with Gasteiger partial charge in [-0.25, -0.2) is 8.42 Å². The van der Waals surface area contributed by atoms with E-state index in [9.17, 15) is 18.1 Å². The molecule has 21 heavy (non-hydrogen) atoms. The van der Waals surface area contributed by atoms with Crippen LogP contribution in [0.3, 0.4) is 0 Å². The summed E-state index contributed by atoms with van der Waals surface area (Å²) in [5.74, 6) is 0.0479. The van der Waals surface area contributed by atoms with Gasteiger partial charge in [0.15, 0.2) is 15.3 Å². The quantitative estimate of drug-likeness (QED) is 0.770. The van der Waals surface area contributed by atoms with Crippen molar-refractivity contribution in [3.8, 4) is 5.75 Å². The van der Waals surface area contributed by atoms with Gasteiger partial charge in [0.25, 0.3) is 0 Å². The second-order valence-corrected chi connectivity index (χ2v) is 9.07. The average molecular weight is 336 g/mol. The highest BCUT2D eigenvalue weighted by molar-refractivity contribution is 7.97. The maximum absolute atomic E-state index is 12.4. The average Bonchev–Trinajstić information content (AvgIpc) is 2.34. The van der Waals surface area contributed by atoms with Crippen LogP contribution >= 0.6 is 7.60 Å². The normalized spacial score (nSPS) is 12.6. The van der Waals surface area contributed by atoms with Crippen molar-refractivity contribution in [2.24, 2.45) is 0 Å². The zero-order valence-corrected chi connectivity index (χ0v) is 14.3. The molecule has 0 heterocycles. The van der Waals surface area contributed by atoms with E-state index in [0.717, 1.165) is 0 Å². The van der Waals surface area contributed by atoms with Gasteiger partial charge in [-0.3, -0.25) is 4.57 Å². The fraction of sp³-hybridized carbons (Fsp3) is 0.538. The SMILES string of the molecule is CCOP(=O)(CS(=O)(=O)c1cc(C)c(O)c(C)c1)OCC. The minimum Gasteiger partial charge on any atom is -0.507 e. The van der Waals surface area contributed by atoms with Crippen LogP contribution in [0.15, 0.2) is 17.0 Å². The van der Waals surface area contributed by atoms with Gasteiger partial charge in [-0.15, -0.1) is 0 Å². The van der Waals surface area contributed by atoms with E-state index in [-0.39, 0.29) is 23.9 Å². The van der Waals surface area contributed by atoms with E-state index in [1.807, 2.05) is 0 Å². The van der Waals surface area contributed by atoms with Crippen LogP contribution in [0.4, 0.5) is 0 Å². The Bertz CT molecular complexity index is 620. The van der Waals surface area contributed by atoms with Crippen molar-refractivity contribution in [3.05, 3.63) is 23.3 Å². The smallest absolute Gasteiger partial charge is 0.346 e. The summed E-state index contributed by atoms with van der Waals surface area (Å²) in [6, 6.07) is 2.69. The maximum atomic E-state index is 12.4. The molecule has 1 aromatic carbocycles. The molecule has 0 amide bonds. The van der Waals surface area contributed by atoms with E-state index >= 15 is 0 Å². The summed E-state index contributed by atoms with van der Waals surface area (Å²) < 4.78 is 47.2. The summed E-state index contributed by atoms with van der Waals surface area (Å²) in [6.07, 6.45) is 0. The first-order valence-electron chi connectivity index (χ1n) is 6.56. The van der Waals surface area contributed by atoms with Crippen LogP contribution in [-0.4, -0.2) is 32.2 Å². The van der Waals surface area contributed by atoms with Gasteiger partial charge in [0.2, 0.25) is 0 Å². The van der Waals surface area contributed by atoms with Crippen molar-refractivity contribution < 1.29 is 27.1 Å². The fourth-order valence-electron chi connectivity index (χ4n) is 1.88. The van der Waals surface area contributed by atoms with Crippen molar-refractivity contribution in [2.45, 2.75) is 32.6 Å². The third kappa shape index (κ3) is 4.54. The molecule has 0 radical (unpaired) electrons. The first-order chi connectivity index (χ1) is 9.65. The number of phenolic OH excluding ortho intramolecular Hbond substituents is 1. The molecule has 0 spiro atoms. The Morgan fingerprint density at radius 1 is 1.10 bits per heavy atom. The van der Waals surface area contributed by atoms with E-state index in [0.29, 0.717) is 11.1 Å². The van der Waals surface area contributed by atoms with E-state index in [1.54, 1.807) is 27.7 Å².